The number of aromatic nitrogens is 1. The van der Waals surface area contributed by atoms with Crippen molar-refractivity contribution in [2.45, 2.75) is 52.5 Å². The minimum absolute atomic E-state index is 0.139. The van der Waals surface area contributed by atoms with Gasteiger partial charge in [0.25, 0.3) is 0 Å². The van der Waals surface area contributed by atoms with Gasteiger partial charge in [0, 0.05) is 28.4 Å². The molecular weight excluding hydrogens is 248 g/mol. The molecule has 3 nitrogen and oxygen atoms in total. The van der Waals surface area contributed by atoms with E-state index in [9.17, 15) is 4.79 Å². The van der Waals surface area contributed by atoms with Crippen LogP contribution in [0.1, 0.15) is 55.2 Å². The lowest BCUT2D eigenvalue weighted by molar-refractivity contribution is 0.0394. The Kier molecular flexibility index (Phi) is 3.02. The van der Waals surface area contributed by atoms with E-state index in [-0.39, 0.29) is 11.0 Å². The van der Waals surface area contributed by atoms with E-state index in [0.29, 0.717) is 5.78 Å². The van der Waals surface area contributed by atoms with Crippen molar-refractivity contribution in [3.8, 4) is 0 Å². The third kappa shape index (κ3) is 2.08. The average Bonchev–Trinajstić information content (AvgIpc) is 2.61. The largest absolute Gasteiger partial charge is 0.298 e. The highest BCUT2D eigenvalue weighted by molar-refractivity contribution is 6.04. The number of aryl methyl sites for hydroxylation is 1. The van der Waals surface area contributed by atoms with Crippen LogP contribution in [0.4, 0.5) is 0 Å². The van der Waals surface area contributed by atoms with Gasteiger partial charge in [-0.25, -0.2) is 0 Å². The fourth-order valence-corrected chi connectivity index (χ4v) is 3.71. The molecule has 1 aromatic rings. The fourth-order valence-electron chi connectivity index (χ4n) is 3.71. The third-order valence-electron chi connectivity index (χ3n) is 5.05. The van der Waals surface area contributed by atoms with Crippen LogP contribution in [0.2, 0.25) is 0 Å². The maximum Gasteiger partial charge on any atom is 0.171 e. The summed E-state index contributed by atoms with van der Waals surface area (Å²) >= 11 is 0. The van der Waals surface area contributed by atoms with Crippen molar-refractivity contribution in [3.63, 3.8) is 0 Å². The van der Waals surface area contributed by atoms with E-state index in [1.165, 1.54) is 5.56 Å². The smallest absolute Gasteiger partial charge is 0.171 e. The summed E-state index contributed by atoms with van der Waals surface area (Å²) < 4.78 is 0. The first kappa shape index (κ1) is 13.7. The topological polar surface area (TPSA) is 33.2 Å². The molecular formula is C17H24N2O. The maximum absolute atomic E-state index is 12.8. The van der Waals surface area contributed by atoms with Crippen LogP contribution in [-0.2, 0) is 6.42 Å². The predicted molar refractivity (Wildman–Crippen MR) is 80.0 cm³/mol. The van der Waals surface area contributed by atoms with Crippen LogP contribution in [0, 0.1) is 12.3 Å². The Bertz CT molecular complexity index is 549. The molecule has 0 bridgehead atoms. The Morgan fingerprint density at radius 2 is 1.90 bits per heavy atom. The maximum atomic E-state index is 12.8. The summed E-state index contributed by atoms with van der Waals surface area (Å²) in [5.41, 5.74) is 3.17. The molecule has 2 heterocycles. The van der Waals surface area contributed by atoms with Gasteiger partial charge in [-0.3, -0.25) is 14.7 Å². The highest BCUT2D eigenvalue weighted by Gasteiger charge is 2.48. The molecule has 1 aliphatic carbocycles. The SMILES string of the molecule is Cc1cc2c(cn1)C(=O)C1(CCN(C(C)(C)C)CC1)C2. The zero-order chi connectivity index (χ0) is 14.5. The van der Waals surface area contributed by atoms with Gasteiger partial charge in [0.15, 0.2) is 5.78 Å². The Morgan fingerprint density at radius 1 is 1.25 bits per heavy atom. The lowest BCUT2D eigenvalue weighted by Gasteiger charge is -2.44. The van der Waals surface area contributed by atoms with Gasteiger partial charge in [0.05, 0.1) is 0 Å². The predicted octanol–water partition coefficient (Wildman–Crippen LogP) is 3.01. The monoisotopic (exact) mass is 272 g/mol. The zero-order valence-corrected chi connectivity index (χ0v) is 13.0. The number of likely N-dealkylation sites (tertiary alicyclic amines) is 1. The first-order chi connectivity index (χ1) is 9.32. The zero-order valence-electron chi connectivity index (χ0n) is 13.0. The minimum atomic E-state index is -0.139. The lowest BCUT2D eigenvalue weighted by Crippen LogP contribution is -2.50. The molecule has 0 radical (unpaired) electrons. The number of piperidine rings is 1. The second-order valence-corrected chi connectivity index (χ2v) is 7.43. The molecule has 1 saturated heterocycles. The molecule has 0 unspecified atom stereocenters. The van der Waals surface area contributed by atoms with Crippen molar-refractivity contribution in [1.29, 1.82) is 0 Å². The van der Waals surface area contributed by atoms with Gasteiger partial charge < -0.3 is 0 Å². The number of carbonyl (C=O) groups is 1. The number of rotatable bonds is 0. The van der Waals surface area contributed by atoms with Gasteiger partial charge in [-0.1, -0.05) is 0 Å². The summed E-state index contributed by atoms with van der Waals surface area (Å²) in [6.45, 7) is 10.8. The van der Waals surface area contributed by atoms with Gasteiger partial charge in [0.1, 0.15) is 0 Å². The van der Waals surface area contributed by atoms with Crippen molar-refractivity contribution in [3.05, 3.63) is 29.1 Å². The van der Waals surface area contributed by atoms with Crippen LogP contribution in [-0.4, -0.2) is 34.3 Å². The molecule has 1 fully saturated rings. The molecule has 1 spiro atoms. The fraction of sp³-hybridized carbons (Fsp3) is 0.647. The van der Waals surface area contributed by atoms with Gasteiger partial charge in [-0.15, -0.1) is 0 Å². The van der Waals surface area contributed by atoms with Crippen molar-refractivity contribution in [2.24, 2.45) is 5.41 Å². The number of hydrogen-bond acceptors (Lipinski definition) is 3. The van der Waals surface area contributed by atoms with Crippen molar-refractivity contribution in [1.82, 2.24) is 9.88 Å². The Labute approximate surface area is 121 Å². The van der Waals surface area contributed by atoms with E-state index in [0.717, 1.165) is 43.6 Å². The summed E-state index contributed by atoms with van der Waals surface area (Å²) in [5.74, 6) is 0.341. The van der Waals surface area contributed by atoms with E-state index in [1.807, 2.05) is 6.92 Å². The number of fused-ring (bicyclic) bond motifs is 1. The quantitative estimate of drug-likeness (QED) is 0.728. The first-order valence-electron chi connectivity index (χ1n) is 7.57. The summed E-state index contributed by atoms with van der Waals surface area (Å²) in [4.78, 5) is 19.6. The number of carbonyl (C=O) groups excluding carboxylic acids is 1. The summed E-state index contributed by atoms with van der Waals surface area (Å²) in [5, 5.41) is 0. The Balaban J connectivity index is 1.83. The van der Waals surface area contributed by atoms with Gasteiger partial charge >= 0.3 is 0 Å². The van der Waals surface area contributed by atoms with Crippen LogP contribution >= 0.6 is 0 Å². The minimum Gasteiger partial charge on any atom is -0.298 e. The van der Waals surface area contributed by atoms with E-state index in [1.54, 1.807) is 6.20 Å². The number of hydrogen-bond donors (Lipinski definition) is 0. The number of pyridine rings is 1. The summed E-state index contributed by atoms with van der Waals surface area (Å²) in [6.07, 6.45) is 4.67. The molecule has 2 aliphatic rings. The molecule has 1 aromatic heterocycles. The standard InChI is InChI=1S/C17H24N2O/c1-12-9-13-10-17(15(20)14(13)11-18-12)5-7-19(8-6-17)16(2,3)4/h9,11H,5-8,10H2,1-4H3. The van der Waals surface area contributed by atoms with Crippen LogP contribution in [0.5, 0.6) is 0 Å². The molecule has 0 atom stereocenters. The Morgan fingerprint density at radius 3 is 2.50 bits per heavy atom. The van der Waals surface area contributed by atoms with Crippen molar-refractivity contribution in [2.75, 3.05) is 13.1 Å². The molecule has 3 rings (SSSR count). The molecule has 108 valence electrons. The molecule has 0 amide bonds. The number of Topliss-reactive ketones (excluding diaryl/α,β-unsaturated/α-hetero) is 1. The molecule has 20 heavy (non-hydrogen) atoms. The van der Waals surface area contributed by atoms with Crippen molar-refractivity contribution < 1.29 is 4.79 Å². The van der Waals surface area contributed by atoms with Gasteiger partial charge in [-0.2, -0.15) is 0 Å². The first-order valence-corrected chi connectivity index (χ1v) is 7.57. The second kappa shape index (κ2) is 4.39. The van der Waals surface area contributed by atoms with Crippen LogP contribution in [0.3, 0.4) is 0 Å². The summed E-state index contributed by atoms with van der Waals surface area (Å²) in [7, 11) is 0. The lowest BCUT2D eigenvalue weighted by atomic mass is 9.74. The highest BCUT2D eigenvalue weighted by atomic mass is 16.1. The molecule has 3 heteroatoms. The number of nitrogens with zero attached hydrogens (tertiary/aromatic N) is 2. The van der Waals surface area contributed by atoms with Gasteiger partial charge in [-0.05, 0) is 71.7 Å². The summed E-state index contributed by atoms with van der Waals surface area (Å²) in [6, 6.07) is 2.10. The van der Waals surface area contributed by atoms with Crippen LogP contribution in [0.25, 0.3) is 0 Å². The van der Waals surface area contributed by atoms with Crippen LogP contribution in [0.15, 0.2) is 12.3 Å². The van der Waals surface area contributed by atoms with Crippen molar-refractivity contribution >= 4 is 5.78 Å². The van der Waals surface area contributed by atoms with E-state index in [4.69, 9.17) is 0 Å². The van der Waals surface area contributed by atoms with E-state index >= 15 is 0 Å². The second-order valence-electron chi connectivity index (χ2n) is 7.43. The normalized spacial score (nSPS) is 22.3. The molecule has 0 N–H and O–H groups in total. The highest BCUT2D eigenvalue weighted by Crippen LogP contribution is 2.45. The Hall–Kier alpha value is -1.22. The van der Waals surface area contributed by atoms with E-state index in [2.05, 4.69) is 36.7 Å². The van der Waals surface area contributed by atoms with Gasteiger partial charge in [0.2, 0.25) is 0 Å². The molecule has 1 aliphatic heterocycles. The average molecular weight is 272 g/mol. The molecule has 0 saturated carbocycles. The number of ketones is 1. The van der Waals surface area contributed by atoms with Crippen LogP contribution < -0.4 is 0 Å². The molecule has 0 aromatic carbocycles. The third-order valence-corrected chi connectivity index (χ3v) is 5.05. The van der Waals surface area contributed by atoms with E-state index < -0.39 is 0 Å².